The van der Waals surface area contributed by atoms with Crippen LogP contribution in [-0.2, 0) is 0 Å². The van der Waals surface area contributed by atoms with E-state index in [1.54, 1.807) is 0 Å². The maximum Gasteiger partial charge on any atom is 0.138 e. The Bertz CT molecular complexity index is 2330. The summed E-state index contributed by atoms with van der Waals surface area (Å²) in [4.78, 5) is 17.0. The van der Waals surface area contributed by atoms with Crippen molar-refractivity contribution in [1.82, 2.24) is 19.9 Å². The van der Waals surface area contributed by atoms with Gasteiger partial charge in [-0.2, -0.15) is 0 Å². The van der Waals surface area contributed by atoms with Crippen LogP contribution in [0.15, 0.2) is 158 Å². The van der Waals surface area contributed by atoms with Crippen molar-refractivity contribution in [3.63, 3.8) is 0 Å². The molecule has 0 atom stereocenters. The summed E-state index contributed by atoms with van der Waals surface area (Å²) in [5.41, 5.74) is 13.8. The predicted octanol–water partition coefficient (Wildman–Crippen LogP) is 11.1. The minimum atomic E-state index is -2.39. The summed E-state index contributed by atoms with van der Waals surface area (Å²) in [6, 6.07) is 56.3. The van der Waals surface area contributed by atoms with Crippen molar-refractivity contribution in [1.29, 1.82) is 0 Å². The Morgan fingerprint density at radius 2 is 0.755 bits per heavy atom. The quantitative estimate of drug-likeness (QED) is 0.177. The van der Waals surface area contributed by atoms with Gasteiger partial charge in [0.05, 0.1) is 22.1 Å². The number of H-pyrrole nitrogens is 2. The van der Waals surface area contributed by atoms with Gasteiger partial charge in [-0.05, 0) is 80.2 Å². The molecule has 49 heavy (non-hydrogen) atoms. The van der Waals surface area contributed by atoms with Crippen molar-refractivity contribution in [2.75, 3.05) is 0 Å². The van der Waals surface area contributed by atoms with Gasteiger partial charge < -0.3 is 9.97 Å². The Kier molecular flexibility index (Phi) is 6.88. The smallest absolute Gasteiger partial charge is 0.138 e. The molecule has 234 valence electrons. The first-order chi connectivity index (χ1) is 24.0. The Balaban J connectivity index is 1.28. The molecular formula is C44H34N4Si. The van der Waals surface area contributed by atoms with Crippen molar-refractivity contribution >= 4 is 51.7 Å². The zero-order chi connectivity index (χ0) is 33.0. The van der Waals surface area contributed by atoms with Crippen LogP contribution in [0.1, 0.15) is 22.3 Å². The van der Waals surface area contributed by atoms with Crippen LogP contribution < -0.4 is 0 Å². The molecule has 8 aromatic rings. The summed E-state index contributed by atoms with van der Waals surface area (Å²) in [6.45, 7) is 5.02. The van der Waals surface area contributed by atoms with E-state index >= 15 is 0 Å². The van der Waals surface area contributed by atoms with Gasteiger partial charge in [0, 0.05) is 11.1 Å². The van der Waals surface area contributed by atoms with Crippen molar-refractivity contribution < 1.29 is 0 Å². The van der Waals surface area contributed by atoms with E-state index in [1.165, 1.54) is 43.8 Å². The molecule has 9 rings (SSSR count). The summed E-state index contributed by atoms with van der Waals surface area (Å²) in [5.74, 6) is 1.77. The summed E-state index contributed by atoms with van der Waals surface area (Å²) < 4.78 is 0. The van der Waals surface area contributed by atoms with E-state index in [9.17, 15) is 0 Å². The van der Waals surface area contributed by atoms with Crippen molar-refractivity contribution in [2.45, 2.75) is 13.1 Å². The molecule has 0 bridgehead atoms. The van der Waals surface area contributed by atoms with Crippen LogP contribution in [-0.4, -0.2) is 28.0 Å². The number of allylic oxidation sites excluding steroid dienone is 2. The number of fused-ring (bicyclic) bond motifs is 2. The van der Waals surface area contributed by atoms with Crippen LogP contribution in [0.25, 0.3) is 66.4 Å². The van der Waals surface area contributed by atoms with Crippen molar-refractivity contribution in [2.24, 2.45) is 0 Å². The number of rotatable bonds is 6. The Morgan fingerprint density at radius 3 is 1.18 bits per heavy atom. The second kappa shape index (κ2) is 11.6. The van der Waals surface area contributed by atoms with E-state index in [4.69, 9.17) is 9.97 Å². The molecular weight excluding hydrogens is 613 g/mol. The lowest BCUT2D eigenvalue weighted by Crippen LogP contribution is -2.28. The number of para-hydroxylation sites is 4. The zero-order valence-electron chi connectivity index (χ0n) is 27.4. The molecule has 1 aliphatic heterocycles. The number of aromatic amines is 2. The third kappa shape index (κ3) is 4.98. The largest absolute Gasteiger partial charge is 0.338 e. The number of aromatic nitrogens is 4. The fraction of sp³-hybridized carbons (Fsp3) is 0.0455. The van der Waals surface area contributed by atoms with Gasteiger partial charge in [-0.1, -0.05) is 134 Å². The lowest BCUT2D eigenvalue weighted by atomic mass is 9.89. The Hall–Kier alpha value is -6.04. The summed E-state index contributed by atoms with van der Waals surface area (Å²) in [7, 11) is -2.39. The standard InChI is InChI=1S/C44H34N4Si/c1-49(2)41(31-19-13-21-33(27-31)43-45-35-23-9-10-24-36(35)46-43)39(29-15-5-3-6-16-29)40(30-17-7-4-8-18-30)42(49)32-20-14-22-34(28-32)44-47-37-25-11-12-26-38(37)48-44/h3-28H,1-2H3,(H,45,46)(H,47,48). The third-order valence-electron chi connectivity index (χ3n) is 9.75. The second-order valence-corrected chi connectivity index (χ2v) is 17.5. The van der Waals surface area contributed by atoms with Gasteiger partial charge >= 0.3 is 0 Å². The molecule has 1 aliphatic rings. The first-order valence-corrected chi connectivity index (χ1v) is 19.8. The number of hydrogen-bond donors (Lipinski definition) is 2. The highest BCUT2D eigenvalue weighted by Crippen LogP contribution is 2.56. The number of hydrogen-bond acceptors (Lipinski definition) is 2. The predicted molar refractivity (Wildman–Crippen MR) is 207 cm³/mol. The fourth-order valence-corrected chi connectivity index (χ4v) is 11.4. The molecule has 2 N–H and O–H groups in total. The molecule has 0 amide bonds. The molecule has 4 nitrogen and oxygen atoms in total. The molecule has 0 unspecified atom stereocenters. The minimum Gasteiger partial charge on any atom is -0.338 e. The summed E-state index contributed by atoms with van der Waals surface area (Å²) in [6.07, 6.45) is 0. The second-order valence-electron chi connectivity index (χ2n) is 13.2. The van der Waals surface area contributed by atoms with E-state index in [2.05, 4.69) is 157 Å². The SMILES string of the molecule is C[Si]1(C)C(c2cccc(-c3nc4ccccc4[nH]3)c2)=C(c2ccccc2)C(c2ccccc2)=C1c1cccc(-c2nc3ccccc3[nH]2)c1. The first-order valence-electron chi connectivity index (χ1n) is 16.8. The summed E-state index contributed by atoms with van der Waals surface area (Å²) in [5, 5.41) is 2.86. The topological polar surface area (TPSA) is 57.4 Å². The normalized spacial score (nSPS) is 14.3. The summed E-state index contributed by atoms with van der Waals surface area (Å²) >= 11 is 0. The van der Waals surface area contributed by atoms with Gasteiger partial charge in [0.25, 0.3) is 0 Å². The highest BCUT2D eigenvalue weighted by Gasteiger charge is 2.44. The maximum atomic E-state index is 4.96. The number of nitrogens with zero attached hydrogens (tertiary/aromatic N) is 2. The molecule has 0 radical (unpaired) electrons. The average Bonchev–Trinajstić information content (AvgIpc) is 3.85. The van der Waals surface area contributed by atoms with Crippen LogP contribution in [0.4, 0.5) is 0 Å². The number of imidazole rings is 2. The van der Waals surface area contributed by atoms with Crippen molar-refractivity contribution in [3.05, 3.63) is 180 Å². The maximum absolute atomic E-state index is 4.96. The van der Waals surface area contributed by atoms with E-state index in [1.807, 2.05) is 24.3 Å². The van der Waals surface area contributed by atoms with Crippen LogP contribution in [0, 0.1) is 0 Å². The lowest BCUT2D eigenvalue weighted by molar-refractivity contribution is 1.33. The van der Waals surface area contributed by atoms with Crippen molar-refractivity contribution in [3.8, 4) is 22.8 Å². The molecule has 0 fully saturated rings. The first kappa shape index (κ1) is 29.1. The Labute approximate surface area is 286 Å². The highest BCUT2D eigenvalue weighted by atomic mass is 28.3. The van der Waals surface area contributed by atoms with E-state index in [0.717, 1.165) is 44.8 Å². The minimum absolute atomic E-state index is 0.886. The monoisotopic (exact) mass is 646 g/mol. The van der Waals surface area contributed by atoms with E-state index in [-0.39, 0.29) is 0 Å². The molecule has 5 heteroatoms. The molecule has 3 heterocycles. The molecule has 0 spiro atoms. The number of benzene rings is 6. The van der Waals surface area contributed by atoms with Gasteiger partial charge in [0.2, 0.25) is 0 Å². The fourth-order valence-electron chi connectivity index (χ4n) is 7.62. The van der Waals surface area contributed by atoms with Crippen LogP contribution in [0.5, 0.6) is 0 Å². The molecule has 0 saturated carbocycles. The molecule has 0 saturated heterocycles. The average molecular weight is 647 g/mol. The van der Waals surface area contributed by atoms with Gasteiger partial charge in [0.15, 0.2) is 0 Å². The molecule has 6 aromatic carbocycles. The van der Waals surface area contributed by atoms with Gasteiger partial charge in [-0.15, -0.1) is 0 Å². The van der Waals surface area contributed by atoms with Gasteiger partial charge in [-0.25, -0.2) is 9.97 Å². The molecule has 2 aromatic heterocycles. The Morgan fingerprint density at radius 1 is 0.388 bits per heavy atom. The van der Waals surface area contributed by atoms with Gasteiger partial charge in [-0.3, -0.25) is 0 Å². The highest BCUT2D eigenvalue weighted by molar-refractivity contribution is 7.13. The van der Waals surface area contributed by atoms with Crippen LogP contribution in [0.2, 0.25) is 13.1 Å². The van der Waals surface area contributed by atoms with E-state index < -0.39 is 8.07 Å². The zero-order valence-corrected chi connectivity index (χ0v) is 28.4. The van der Waals surface area contributed by atoms with Crippen LogP contribution >= 0.6 is 0 Å². The molecule has 0 aliphatic carbocycles. The third-order valence-corrected chi connectivity index (χ3v) is 13.3. The number of nitrogens with one attached hydrogen (secondary N) is 2. The lowest BCUT2D eigenvalue weighted by Gasteiger charge is -2.27. The van der Waals surface area contributed by atoms with E-state index in [0.29, 0.717) is 0 Å². The van der Waals surface area contributed by atoms with Crippen LogP contribution in [0.3, 0.4) is 0 Å². The van der Waals surface area contributed by atoms with Gasteiger partial charge in [0.1, 0.15) is 19.7 Å².